The fraction of sp³-hybridized carbons (Fsp3) is 0.526. The number of nitrogens with zero attached hydrogens (tertiary/aromatic N) is 4. The highest BCUT2D eigenvalue weighted by Crippen LogP contribution is 2.37. The minimum absolute atomic E-state index is 0.0555. The summed E-state index contributed by atoms with van der Waals surface area (Å²) in [4.78, 5) is 15.1. The normalized spacial score (nSPS) is 19.3. The van der Waals surface area contributed by atoms with E-state index in [0.29, 0.717) is 16.8 Å². The van der Waals surface area contributed by atoms with Gasteiger partial charge in [-0.1, -0.05) is 35.0 Å². The van der Waals surface area contributed by atoms with Crippen molar-refractivity contribution < 1.29 is 4.79 Å². The number of hydrogen-bond donors (Lipinski definition) is 1. The number of rotatable bonds is 5. The van der Waals surface area contributed by atoms with Crippen molar-refractivity contribution in [1.82, 2.24) is 25.2 Å². The summed E-state index contributed by atoms with van der Waals surface area (Å²) in [6, 6.07) is 8.22. The van der Waals surface area contributed by atoms with E-state index < -0.39 is 0 Å². The van der Waals surface area contributed by atoms with Crippen molar-refractivity contribution in [2.45, 2.75) is 50.7 Å². The zero-order valence-electron chi connectivity index (χ0n) is 14.9. The second-order valence-corrected chi connectivity index (χ2v) is 7.61. The number of amides is 1. The predicted molar refractivity (Wildman–Crippen MR) is 100 cm³/mol. The lowest BCUT2D eigenvalue weighted by atomic mass is 10.1. The summed E-state index contributed by atoms with van der Waals surface area (Å²) in [5, 5.41) is 12.5. The molecule has 6 nitrogen and oxygen atoms in total. The highest BCUT2D eigenvalue weighted by Gasteiger charge is 2.38. The number of nitrogens with one attached hydrogen (secondary N) is 1. The van der Waals surface area contributed by atoms with Crippen LogP contribution in [0.5, 0.6) is 0 Å². The molecule has 2 aromatic rings. The Kier molecular flexibility index (Phi) is 4.96. The van der Waals surface area contributed by atoms with Crippen LogP contribution in [-0.2, 0) is 0 Å². The molecule has 0 bridgehead atoms. The molecule has 1 aromatic carbocycles. The molecule has 0 unspecified atom stereocenters. The Balaban J connectivity index is 1.56. The highest BCUT2D eigenvalue weighted by atomic mass is 35.5. The van der Waals surface area contributed by atoms with E-state index in [1.807, 2.05) is 47.0 Å². The molecule has 1 N–H and O–H groups in total. The van der Waals surface area contributed by atoms with Crippen LogP contribution in [0, 0.1) is 0 Å². The Hall–Kier alpha value is -1.92. The van der Waals surface area contributed by atoms with Crippen LogP contribution in [0.4, 0.5) is 0 Å². The van der Waals surface area contributed by atoms with Gasteiger partial charge in [-0.25, -0.2) is 4.68 Å². The van der Waals surface area contributed by atoms with Crippen molar-refractivity contribution >= 4 is 17.5 Å². The second-order valence-electron chi connectivity index (χ2n) is 7.21. The van der Waals surface area contributed by atoms with Crippen LogP contribution in [0.2, 0.25) is 5.02 Å². The molecular formula is C19H24ClN5O. The van der Waals surface area contributed by atoms with Crippen molar-refractivity contribution in [3.05, 3.63) is 46.7 Å². The average molecular weight is 374 g/mol. The van der Waals surface area contributed by atoms with Crippen molar-refractivity contribution in [3.63, 3.8) is 0 Å². The SMILES string of the molecule is C[C@@H](c1ccccc1Cl)N(C(=O)c1cn(C2CCNCC2)nn1)C1CC1. The first-order valence-corrected chi connectivity index (χ1v) is 9.72. The zero-order chi connectivity index (χ0) is 18.1. The summed E-state index contributed by atoms with van der Waals surface area (Å²) >= 11 is 6.37. The first kappa shape index (κ1) is 17.5. The minimum Gasteiger partial charge on any atom is -0.327 e. The molecule has 0 radical (unpaired) electrons. The number of piperidine rings is 1. The van der Waals surface area contributed by atoms with Crippen molar-refractivity contribution in [1.29, 1.82) is 0 Å². The van der Waals surface area contributed by atoms with Crippen LogP contribution in [0.25, 0.3) is 0 Å². The average Bonchev–Trinajstić information content (AvgIpc) is 3.37. The van der Waals surface area contributed by atoms with Gasteiger partial charge in [0.15, 0.2) is 5.69 Å². The van der Waals surface area contributed by atoms with Gasteiger partial charge >= 0.3 is 0 Å². The number of carbonyl (C=O) groups is 1. The van der Waals surface area contributed by atoms with Gasteiger partial charge in [-0.15, -0.1) is 5.10 Å². The molecule has 0 spiro atoms. The van der Waals surface area contributed by atoms with E-state index in [1.54, 1.807) is 0 Å². The third-order valence-corrected chi connectivity index (χ3v) is 5.70. The van der Waals surface area contributed by atoms with Gasteiger partial charge < -0.3 is 10.2 Å². The lowest BCUT2D eigenvalue weighted by Crippen LogP contribution is -2.36. The molecule has 1 atom stereocenters. The molecule has 2 heterocycles. The van der Waals surface area contributed by atoms with E-state index in [0.717, 1.165) is 44.3 Å². The molecule has 4 rings (SSSR count). The standard InChI is InChI=1S/C19H24ClN5O/c1-13(16-4-2-3-5-17(16)20)25(15-6-7-15)19(26)18-12-24(23-22-18)14-8-10-21-11-9-14/h2-5,12-15,21H,6-11H2,1H3/t13-/m0/s1. The maximum atomic E-state index is 13.2. The Labute approximate surface area is 158 Å². The van der Waals surface area contributed by atoms with Gasteiger partial charge in [-0.05, 0) is 57.3 Å². The molecule has 138 valence electrons. The Morgan fingerprint density at radius 1 is 1.27 bits per heavy atom. The number of carbonyl (C=O) groups excluding carboxylic acids is 1. The van der Waals surface area contributed by atoms with Gasteiger partial charge in [0.2, 0.25) is 0 Å². The fourth-order valence-corrected chi connectivity index (χ4v) is 4.02. The van der Waals surface area contributed by atoms with Crippen molar-refractivity contribution in [3.8, 4) is 0 Å². The van der Waals surface area contributed by atoms with Gasteiger partial charge in [-0.3, -0.25) is 4.79 Å². The molecule has 2 aliphatic rings. The summed E-state index contributed by atoms with van der Waals surface area (Å²) in [6.45, 7) is 3.99. The summed E-state index contributed by atoms with van der Waals surface area (Å²) in [5.74, 6) is -0.0555. The first-order chi connectivity index (χ1) is 12.6. The van der Waals surface area contributed by atoms with Crippen LogP contribution in [0.3, 0.4) is 0 Å². The van der Waals surface area contributed by atoms with E-state index >= 15 is 0 Å². The highest BCUT2D eigenvalue weighted by molar-refractivity contribution is 6.31. The maximum Gasteiger partial charge on any atom is 0.276 e. The number of hydrogen-bond acceptors (Lipinski definition) is 4. The Bertz CT molecular complexity index is 782. The van der Waals surface area contributed by atoms with Crippen LogP contribution in [0.1, 0.15) is 60.7 Å². The second kappa shape index (κ2) is 7.37. The lowest BCUT2D eigenvalue weighted by Gasteiger charge is -2.29. The van der Waals surface area contributed by atoms with E-state index in [-0.39, 0.29) is 18.0 Å². The fourth-order valence-electron chi connectivity index (χ4n) is 3.73. The van der Waals surface area contributed by atoms with E-state index in [1.165, 1.54) is 0 Å². The molecule has 1 aliphatic heterocycles. The number of halogens is 1. The van der Waals surface area contributed by atoms with Crippen molar-refractivity contribution in [2.24, 2.45) is 0 Å². The van der Waals surface area contributed by atoms with Crippen LogP contribution in [0.15, 0.2) is 30.5 Å². The van der Waals surface area contributed by atoms with Gasteiger partial charge in [0.05, 0.1) is 18.3 Å². The molecule has 7 heteroatoms. The van der Waals surface area contributed by atoms with E-state index in [9.17, 15) is 4.79 Å². The van der Waals surface area contributed by atoms with Crippen molar-refractivity contribution in [2.75, 3.05) is 13.1 Å². The smallest absolute Gasteiger partial charge is 0.276 e. The molecule has 26 heavy (non-hydrogen) atoms. The summed E-state index contributed by atoms with van der Waals surface area (Å²) in [5.41, 5.74) is 1.40. The molecular weight excluding hydrogens is 350 g/mol. The van der Waals surface area contributed by atoms with Gasteiger partial charge in [-0.2, -0.15) is 0 Å². The minimum atomic E-state index is -0.0901. The largest absolute Gasteiger partial charge is 0.327 e. The molecule has 1 aliphatic carbocycles. The van der Waals surface area contributed by atoms with Crippen LogP contribution < -0.4 is 5.32 Å². The third-order valence-electron chi connectivity index (χ3n) is 5.36. The third kappa shape index (κ3) is 3.48. The number of benzene rings is 1. The van der Waals surface area contributed by atoms with E-state index in [2.05, 4.69) is 15.6 Å². The Morgan fingerprint density at radius 3 is 2.69 bits per heavy atom. The van der Waals surface area contributed by atoms with Gasteiger partial charge in [0, 0.05) is 11.1 Å². The molecule has 1 amide bonds. The first-order valence-electron chi connectivity index (χ1n) is 9.35. The van der Waals surface area contributed by atoms with Gasteiger partial charge in [0.1, 0.15) is 0 Å². The zero-order valence-corrected chi connectivity index (χ0v) is 15.7. The van der Waals surface area contributed by atoms with E-state index in [4.69, 9.17) is 11.6 Å². The van der Waals surface area contributed by atoms with Gasteiger partial charge in [0.25, 0.3) is 5.91 Å². The topological polar surface area (TPSA) is 63.1 Å². The maximum absolute atomic E-state index is 13.2. The lowest BCUT2D eigenvalue weighted by molar-refractivity contribution is 0.0668. The predicted octanol–water partition coefficient (Wildman–Crippen LogP) is 3.22. The Morgan fingerprint density at radius 2 is 2.00 bits per heavy atom. The molecule has 1 saturated carbocycles. The summed E-state index contributed by atoms with van der Waals surface area (Å²) in [7, 11) is 0. The van der Waals surface area contributed by atoms with Crippen LogP contribution >= 0.6 is 11.6 Å². The monoisotopic (exact) mass is 373 g/mol. The molecule has 2 fully saturated rings. The van der Waals surface area contributed by atoms with Crippen LogP contribution in [-0.4, -0.2) is 44.9 Å². The molecule has 1 saturated heterocycles. The molecule has 1 aromatic heterocycles. The number of aromatic nitrogens is 3. The summed E-state index contributed by atoms with van der Waals surface area (Å²) in [6.07, 6.45) is 5.90. The quantitative estimate of drug-likeness (QED) is 0.874. The summed E-state index contributed by atoms with van der Waals surface area (Å²) < 4.78 is 1.86.